The molecule has 132 valence electrons. The van der Waals surface area contributed by atoms with E-state index < -0.39 is 0 Å². The van der Waals surface area contributed by atoms with E-state index in [1.807, 2.05) is 50.2 Å². The molecule has 0 radical (unpaired) electrons. The minimum atomic E-state index is -0.338. The van der Waals surface area contributed by atoms with Crippen LogP contribution in [0.15, 0.2) is 36.4 Å². The van der Waals surface area contributed by atoms with Gasteiger partial charge in [-0.2, -0.15) is 0 Å². The lowest BCUT2D eigenvalue weighted by Gasteiger charge is -2.28. The standard InChI is InChI=1S/C20H25N3O2/c1-14-12-15(2)22-19(21-14)17-8-10-18(11-9-17)23-20(24)25-13-16-6-4-3-5-7-16/h3-7,12,17-18H,8-11,13H2,1-2H3,(H,23,24). The normalized spacial score (nSPS) is 20.1. The molecule has 0 aliphatic heterocycles. The molecule has 1 fully saturated rings. The summed E-state index contributed by atoms with van der Waals surface area (Å²) in [5.41, 5.74) is 3.04. The van der Waals surface area contributed by atoms with Crippen molar-refractivity contribution in [3.8, 4) is 0 Å². The Labute approximate surface area is 148 Å². The second kappa shape index (κ2) is 8.10. The van der Waals surface area contributed by atoms with Gasteiger partial charge in [-0.25, -0.2) is 14.8 Å². The predicted molar refractivity (Wildman–Crippen MR) is 96.3 cm³/mol. The zero-order valence-corrected chi connectivity index (χ0v) is 14.9. The number of ether oxygens (including phenoxy) is 1. The van der Waals surface area contributed by atoms with Crippen LogP contribution in [0.1, 0.15) is 54.4 Å². The second-order valence-corrected chi connectivity index (χ2v) is 6.76. The van der Waals surface area contributed by atoms with Gasteiger partial charge in [-0.3, -0.25) is 0 Å². The van der Waals surface area contributed by atoms with Crippen LogP contribution in [-0.2, 0) is 11.3 Å². The average Bonchev–Trinajstić information content (AvgIpc) is 2.61. The van der Waals surface area contributed by atoms with E-state index in [0.717, 1.165) is 48.5 Å². The van der Waals surface area contributed by atoms with Crippen LogP contribution in [0, 0.1) is 13.8 Å². The van der Waals surface area contributed by atoms with Gasteiger partial charge in [0.05, 0.1) is 0 Å². The van der Waals surface area contributed by atoms with E-state index in [1.54, 1.807) is 0 Å². The summed E-state index contributed by atoms with van der Waals surface area (Å²) in [6, 6.07) is 11.9. The largest absolute Gasteiger partial charge is 0.445 e. The van der Waals surface area contributed by atoms with Crippen molar-refractivity contribution in [3.05, 3.63) is 59.2 Å². The molecule has 1 aliphatic carbocycles. The Kier molecular flexibility index (Phi) is 5.64. The summed E-state index contributed by atoms with van der Waals surface area (Å²) >= 11 is 0. The molecule has 1 N–H and O–H groups in total. The number of benzene rings is 1. The van der Waals surface area contributed by atoms with Gasteiger partial charge in [0.2, 0.25) is 0 Å². The van der Waals surface area contributed by atoms with Gasteiger partial charge in [0.25, 0.3) is 0 Å². The molecule has 3 rings (SSSR count). The Bertz CT molecular complexity index is 690. The van der Waals surface area contributed by atoms with E-state index in [9.17, 15) is 4.79 Å². The van der Waals surface area contributed by atoms with Crippen molar-refractivity contribution in [1.82, 2.24) is 15.3 Å². The first-order valence-corrected chi connectivity index (χ1v) is 8.89. The monoisotopic (exact) mass is 339 g/mol. The Morgan fingerprint density at radius 3 is 2.36 bits per heavy atom. The van der Waals surface area contributed by atoms with E-state index in [2.05, 4.69) is 15.3 Å². The van der Waals surface area contributed by atoms with Gasteiger partial charge in [0, 0.05) is 23.3 Å². The molecule has 0 saturated heterocycles. The quantitative estimate of drug-likeness (QED) is 0.913. The molecule has 0 bridgehead atoms. The minimum Gasteiger partial charge on any atom is -0.445 e. The first-order valence-electron chi connectivity index (χ1n) is 8.89. The van der Waals surface area contributed by atoms with Crippen molar-refractivity contribution in [3.63, 3.8) is 0 Å². The molecule has 25 heavy (non-hydrogen) atoms. The highest BCUT2D eigenvalue weighted by Crippen LogP contribution is 2.31. The maximum absolute atomic E-state index is 12.0. The zero-order valence-electron chi connectivity index (χ0n) is 14.9. The van der Waals surface area contributed by atoms with Crippen LogP contribution >= 0.6 is 0 Å². The zero-order chi connectivity index (χ0) is 17.6. The smallest absolute Gasteiger partial charge is 0.407 e. The second-order valence-electron chi connectivity index (χ2n) is 6.76. The molecule has 1 aromatic carbocycles. The minimum absolute atomic E-state index is 0.172. The maximum atomic E-state index is 12.0. The highest BCUT2D eigenvalue weighted by Gasteiger charge is 2.25. The molecular formula is C20H25N3O2. The molecule has 5 nitrogen and oxygen atoms in total. The molecule has 0 atom stereocenters. The molecule has 1 heterocycles. The highest BCUT2D eigenvalue weighted by atomic mass is 16.5. The van der Waals surface area contributed by atoms with E-state index in [-0.39, 0.29) is 12.1 Å². The first kappa shape index (κ1) is 17.4. The molecule has 5 heteroatoms. The lowest BCUT2D eigenvalue weighted by Crippen LogP contribution is -2.37. The van der Waals surface area contributed by atoms with Crippen LogP contribution in [0.3, 0.4) is 0 Å². The maximum Gasteiger partial charge on any atom is 0.407 e. The van der Waals surface area contributed by atoms with Crippen LogP contribution in [0.2, 0.25) is 0 Å². The summed E-state index contributed by atoms with van der Waals surface area (Å²) in [6.07, 6.45) is 3.51. The summed E-state index contributed by atoms with van der Waals surface area (Å²) < 4.78 is 5.30. The number of rotatable bonds is 4. The number of carbonyl (C=O) groups is 1. The molecule has 1 saturated carbocycles. The van der Waals surface area contributed by atoms with Crippen molar-refractivity contribution >= 4 is 6.09 Å². The Morgan fingerprint density at radius 1 is 1.08 bits per heavy atom. The van der Waals surface area contributed by atoms with Crippen molar-refractivity contribution < 1.29 is 9.53 Å². The molecule has 0 spiro atoms. The number of hydrogen-bond acceptors (Lipinski definition) is 4. The van der Waals surface area contributed by atoms with Gasteiger partial charge in [-0.1, -0.05) is 30.3 Å². The van der Waals surface area contributed by atoms with E-state index in [0.29, 0.717) is 12.5 Å². The first-order chi connectivity index (χ1) is 12.1. The summed E-state index contributed by atoms with van der Waals surface area (Å²) in [5, 5.41) is 2.98. The van der Waals surface area contributed by atoms with Crippen molar-refractivity contribution in [2.45, 2.75) is 58.1 Å². The van der Waals surface area contributed by atoms with Crippen molar-refractivity contribution in [1.29, 1.82) is 0 Å². The molecule has 1 aromatic heterocycles. The third-order valence-corrected chi connectivity index (χ3v) is 4.63. The molecule has 1 amide bonds. The van der Waals surface area contributed by atoms with E-state index in [4.69, 9.17) is 4.74 Å². The summed E-state index contributed by atoms with van der Waals surface area (Å²) in [4.78, 5) is 21.1. The Balaban J connectivity index is 1.45. The van der Waals surface area contributed by atoms with Gasteiger partial charge in [-0.05, 0) is 51.2 Å². The SMILES string of the molecule is Cc1cc(C)nc(C2CCC(NC(=O)OCc3ccccc3)CC2)n1. The Hall–Kier alpha value is -2.43. The lowest BCUT2D eigenvalue weighted by atomic mass is 9.85. The van der Waals surface area contributed by atoms with Crippen LogP contribution in [0.5, 0.6) is 0 Å². The number of alkyl carbamates (subject to hydrolysis) is 1. The van der Waals surface area contributed by atoms with Gasteiger partial charge >= 0.3 is 6.09 Å². The summed E-state index contributed by atoms with van der Waals surface area (Å²) in [5.74, 6) is 1.33. The van der Waals surface area contributed by atoms with Gasteiger partial charge in [0.1, 0.15) is 12.4 Å². The van der Waals surface area contributed by atoms with Crippen LogP contribution in [0.25, 0.3) is 0 Å². The lowest BCUT2D eigenvalue weighted by molar-refractivity contribution is 0.132. The van der Waals surface area contributed by atoms with E-state index >= 15 is 0 Å². The third kappa shape index (κ3) is 5.02. The van der Waals surface area contributed by atoms with Crippen LogP contribution < -0.4 is 5.32 Å². The fourth-order valence-electron chi connectivity index (χ4n) is 3.36. The predicted octanol–water partition coefficient (Wildman–Crippen LogP) is 4.05. The number of amides is 1. The third-order valence-electron chi connectivity index (χ3n) is 4.63. The number of nitrogens with zero attached hydrogens (tertiary/aromatic N) is 2. The Morgan fingerprint density at radius 2 is 1.72 bits per heavy atom. The van der Waals surface area contributed by atoms with Crippen LogP contribution in [0.4, 0.5) is 4.79 Å². The fourth-order valence-corrected chi connectivity index (χ4v) is 3.36. The number of carbonyl (C=O) groups excluding carboxylic acids is 1. The van der Waals surface area contributed by atoms with Gasteiger partial charge < -0.3 is 10.1 Å². The highest BCUT2D eigenvalue weighted by molar-refractivity contribution is 5.67. The van der Waals surface area contributed by atoms with Crippen LogP contribution in [-0.4, -0.2) is 22.1 Å². The number of aromatic nitrogens is 2. The topological polar surface area (TPSA) is 64.1 Å². The molecular weight excluding hydrogens is 314 g/mol. The molecule has 1 aliphatic rings. The number of hydrogen-bond donors (Lipinski definition) is 1. The average molecular weight is 339 g/mol. The fraction of sp³-hybridized carbons (Fsp3) is 0.450. The molecule has 2 aromatic rings. The summed E-state index contributed by atoms with van der Waals surface area (Å²) in [6.45, 7) is 4.32. The number of nitrogens with one attached hydrogen (secondary N) is 1. The van der Waals surface area contributed by atoms with Gasteiger partial charge in [-0.15, -0.1) is 0 Å². The summed E-state index contributed by atoms with van der Waals surface area (Å²) in [7, 11) is 0. The number of aryl methyl sites for hydroxylation is 2. The van der Waals surface area contributed by atoms with Crippen molar-refractivity contribution in [2.75, 3.05) is 0 Å². The van der Waals surface area contributed by atoms with Crippen molar-refractivity contribution in [2.24, 2.45) is 0 Å². The van der Waals surface area contributed by atoms with E-state index in [1.165, 1.54) is 0 Å². The van der Waals surface area contributed by atoms with Gasteiger partial charge in [0.15, 0.2) is 0 Å². The molecule has 0 unspecified atom stereocenters.